The molecule has 0 spiro atoms. The molecule has 3 atom stereocenters. The third-order valence-corrected chi connectivity index (χ3v) is 11.3. The molecule has 33 heavy (non-hydrogen) atoms. The number of amides is 1. The van der Waals surface area contributed by atoms with E-state index in [1.807, 2.05) is 26.2 Å². The number of ketones is 1. The molecule has 0 unspecified atom stereocenters. The predicted octanol–water partition coefficient (Wildman–Crippen LogP) is 1.18. The van der Waals surface area contributed by atoms with Crippen LogP contribution in [-0.4, -0.2) is 47.4 Å². The van der Waals surface area contributed by atoms with Gasteiger partial charge in [0, 0.05) is 0 Å². The van der Waals surface area contributed by atoms with Crippen LogP contribution in [0.2, 0.25) is 0 Å². The van der Waals surface area contributed by atoms with Crippen LogP contribution in [0, 0.1) is 5.92 Å². The van der Waals surface area contributed by atoms with Crippen molar-refractivity contribution in [1.82, 2.24) is 10.3 Å². The van der Waals surface area contributed by atoms with Gasteiger partial charge in [-0.2, -0.15) is 0 Å². The summed E-state index contributed by atoms with van der Waals surface area (Å²) in [7, 11) is 0. The van der Waals surface area contributed by atoms with Crippen LogP contribution >= 0.6 is 23.1 Å². The topological polar surface area (TPSA) is 97.4 Å². The van der Waals surface area contributed by atoms with E-state index in [1.165, 1.54) is 35.1 Å². The number of hydrogen-bond acceptors (Lipinski definition) is 7. The van der Waals surface area contributed by atoms with E-state index in [4.69, 9.17) is 10.7 Å². The fourth-order valence-electron chi connectivity index (χ4n) is 3.45. The van der Waals surface area contributed by atoms with Crippen LogP contribution in [0.25, 0.3) is 0 Å². The molecule has 2 heterocycles. The molecule has 1 aromatic rings. The summed E-state index contributed by atoms with van der Waals surface area (Å²) in [6.45, 7) is 12.7. The van der Waals surface area contributed by atoms with Crippen LogP contribution in [0.4, 0.5) is 0 Å². The summed E-state index contributed by atoms with van der Waals surface area (Å²) in [6, 6.07) is -0.466. The van der Waals surface area contributed by atoms with E-state index in [0.29, 0.717) is 20.6 Å². The Kier molecular flexibility index (Phi) is 11.5. The van der Waals surface area contributed by atoms with Crippen LogP contribution in [-0.2, 0) is 16.1 Å². The number of nitrogens with zero attached hydrogens (tertiary/aromatic N) is 2. The van der Waals surface area contributed by atoms with Gasteiger partial charge in [0.1, 0.15) is 0 Å². The van der Waals surface area contributed by atoms with Crippen molar-refractivity contribution >= 4 is 39.8 Å². The molecule has 0 aliphatic carbocycles. The Morgan fingerprint density at radius 3 is 2.70 bits per heavy atom. The number of thiazole rings is 1. The number of aromatic nitrogens is 1. The molecule has 0 bridgehead atoms. The van der Waals surface area contributed by atoms with Crippen LogP contribution in [0.5, 0.6) is 0 Å². The minimum atomic E-state index is -0.900. The molecule has 0 saturated carbocycles. The number of rotatable bonds is 13. The van der Waals surface area contributed by atoms with Gasteiger partial charge in [0.15, 0.2) is 0 Å². The molecule has 1 aliphatic rings. The molecule has 186 valence electrons. The summed E-state index contributed by atoms with van der Waals surface area (Å²) in [6.07, 6.45) is 5.56. The number of nitrogens with two attached hydrogens (primary N) is 1. The second kappa shape index (κ2) is 13.3. The number of carbonyl (C=O) groups is 2. The number of Topliss-reactive ketones (excluding diaryl/α,β-unsaturated/α-hetero) is 1. The van der Waals surface area contributed by atoms with Gasteiger partial charge in [-0.25, -0.2) is 0 Å². The first-order valence-electron chi connectivity index (χ1n) is 11.5. The van der Waals surface area contributed by atoms with Gasteiger partial charge >= 0.3 is 213 Å². The van der Waals surface area contributed by atoms with Crippen molar-refractivity contribution in [2.45, 2.75) is 82.9 Å². The average Bonchev–Trinajstić information content (AvgIpc) is 3.42. The molecule has 6 nitrogen and oxygen atoms in total. The number of carbonyl (C=O) groups excluding carboxylic acids is 2. The Bertz CT molecular complexity index is 884. The van der Waals surface area contributed by atoms with Crippen molar-refractivity contribution < 1.29 is 30.8 Å². The molecular formula is C24H38IN4O2S2-. The van der Waals surface area contributed by atoms with E-state index in [-0.39, 0.29) is 38.8 Å². The maximum absolute atomic E-state index is 13.2. The van der Waals surface area contributed by atoms with Crippen LogP contribution in [0.3, 0.4) is 0 Å². The van der Waals surface area contributed by atoms with Gasteiger partial charge in [-0.3, -0.25) is 0 Å². The van der Waals surface area contributed by atoms with Crippen molar-refractivity contribution in [2.75, 3.05) is 10.2 Å². The number of thioether (sulfide) groups is 1. The fraction of sp³-hybridized carbons (Fsp3) is 0.667. The van der Waals surface area contributed by atoms with E-state index < -0.39 is 11.6 Å². The van der Waals surface area contributed by atoms with Gasteiger partial charge < -0.3 is 5.73 Å². The zero-order chi connectivity index (χ0) is 24.6. The van der Waals surface area contributed by atoms with E-state index >= 15 is 0 Å². The molecule has 9 heteroatoms. The summed E-state index contributed by atoms with van der Waals surface area (Å²) >= 11 is 2.77. The number of nitrogens with one attached hydrogen (secondary N) is 1. The number of alkyl halides is 2. The van der Waals surface area contributed by atoms with E-state index in [2.05, 4.69) is 37.1 Å². The third kappa shape index (κ3) is 8.14. The third-order valence-electron chi connectivity index (χ3n) is 5.64. The Morgan fingerprint density at radius 2 is 2.12 bits per heavy atom. The van der Waals surface area contributed by atoms with Gasteiger partial charge in [-0.05, 0) is 0 Å². The van der Waals surface area contributed by atoms with E-state index in [0.717, 1.165) is 28.6 Å². The quantitative estimate of drug-likeness (QED) is 0.200. The maximum atomic E-state index is 13.2. The summed E-state index contributed by atoms with van der Waals surface area (Å²) in [4.78, 5) is 35.6. The van der Waals surface area contributed by atoms with E-state index in [9.17, 15) is 9.59 Å². The number of aliphatic imine (C=N–C) groups is 1. The first-order valence-corrected chi connectivity index (χ1v) is 16.2. The monoisotopic (exact) mass is 605 g/mol. The molecule has 0 aromatic carbocycles. The molecular weight excluding hydrogens is 567 g/mol. The van der Waals surface area contributed by atoms with E-state index in [1.54, 1.807) is 0 Å². The van der Waals surface area contributed by atoms with Gasteiger partial charge in [0.2, 0.25) is 0 Å². The SMILES string of the molecule is C/C=C(/C)C[C@H](CCC)[I-]CC(=O)[C@@H](NC(=O)[C@]1(C)CSC(c2csc(CN)n2)=N1)C(C)C. The summed E-state index contributed by atoms with van der Waals surface area (Å²) < 4.78 is 1.22. The summed E-state index contributed by atoms with van der Waals surface area (Å²) in [5.41, 5.74) is 6.95. The molecule has 0 saturated heterocycles. The predicted molar refractivity (Wildman–Crippen MR) is 137 cm³/mol. The first-order chi connectivity index (χ1) is 15.6. The van der Waals surface area contributed by atoms with Crippen molar-refractivity contribution in [2.24, 2.45) is 16.6 Å². The van der Waals surface area contributed by atoms with Crippen molar-refractivity contribution in [1.29, 1.82) is 0 Å². The zero-order valence-corrected chi connectivity index (χ0v) is 24.4. The van der Waals surface area contributed by atoms with Gasteiger partial charge in [0.25, 0.3) is 0 Å². The van der Waals surface area contributed by atoms with Crippen LogP contribution in [0.15, 0.2) is 22.0 Å². The van der Waals surface area contributed by atoms with Gasteiger partial charge in [0.05, 0.1) is 0 Å². The Morgan fingerprint density at radius 1 is 1.39 bits per heavy atom. The number of allylic oxidation sites excluding steroid dienone is 2. The van der Waals surface area contributed by atoms with Gasteiger partial charge in [-0.1, -0.05) is 0 Å². The zero-order valence-electron chi connectivity index (χ0n) is 20.6. The Labute approximate surface area is 217 Å². The van der Waals surface area contributed by atoms with Crippen molar-refractivity contribution in [3.63, 3.8) is 0 Å². The first kappa shape index (κ1) is 28.5. The Balaban J connectivity index is 2.04. The van der Waals surface area contributed by atoms with Crippen molar-refractivity contribution in [3.05, 3.63) is 27.7 Å². The molecule has 2 rings (SSSR count). The second-order valence-corrected chi connectivity index (χ2v) is 14.3. The molecule has 1 aromatic heterocycles. The van der Waals surface area contributed by atoms with Crippen LogP contribution in [0.1, 0.15) is 71.5 Å². The van der Waals surface area contributed by atoms with Crippen molar-refractivity contribution in [3.8, 4) is 0 Å². The normalized spacial score (nSPS) is 20.7. The number of halogens is 1. The minimum absolute atomic E-state index is 0.0408. The fourth-order valence-corrected chi connectivity index (χ4v) is 8.91. The summed E-state index contributed by atoms with van der Waals surface area (Å²) in [5.74, 6) is 0.561. The number of hydrogen-bond donors (Lipinski definition) is 2. The van der Waals surface area contributed by atoms with Crippen LogP contribution < -0.4 is 32.3 Å². The second-order valence-electron chi connectivity index (χ2n) is 8.98. The average molecular weight is 606 g/mol. The standard InChI is InChI=1S/C24H38IN4O2S2/c1-7-9-17(10-16(5)8-2)25-11-19(30)21(15(3)4)28-23(31)24(6)14-33-22(29-24)18-13-32-20(12-26)27-18/h8,13,15,17,21H,7,9-12,14,26H2,1-6H3,(H,28,31)/q-1/b16-8-/t17-,21-,24-/m0/s1. The summed E-state index contributed by atoms with van der Waals surface area (Å²) in [5, 5.41) is 6.61. The molecule has 3 N–H and O–H groups in total. The molecule has 0 fully saturated rings. The molecule has 1 amide bonds. The molecule has 0 radical (unpaired) electrons. The van der Waals surface area contributed by atoms with Gasteiger partial charge in [-0.15, -0.1) is 0 Å². The molecule has 1 aliphatic heterocycles. The Hall–Kier alpha value is -0.780.